The normalized spacial score (nSPS) is 20.4. The fourth-order valence-electron chi connectivity index (χ4n) is 4.12. The zero-order valence-electron chi connectivity index (χ0n) is 22.4. The number of nitrogens with two attached hydrogens (primary N) is 1. The predicted molar refractivity (Wildman–Crippen MR) is 150 cm³/mol. The van der Waals surface area contributed by atoms with Crippen molar-refractivity contribution in [2.45, 2.75) is 29.0 Å². The summed E-state index contributed by atoms with van der Waals surface area (Å²) in [6.07, 6.45) is -2.61. The Morgan fingerprint density at radius 1 is 1.18 bits per heavy atom. The Bertz CT molecular complexity index is 1470. The highest BCUT2D eigenvalue weighted by atomic mass is 32.2. The number of carbonyl (C=O) groups is 5. The molecule has 0 unspecified atom stereocenters. The zero-order valence-corrected chi connectivity index (χ0v) is 25.8. The number of nitrogens with one attached hydrogen (secondary N) is 3. The first-order valence-corrected chi connectivity index (χ1v) is 17.0. The van der Waals surface area contributed by atoms with Gasteiger partial charge in [0.2, 0.25) is 5.91 Å². The first kappa shape index (κ1) is 35.4. The molecule has 1 aromatic heterocycles. The molecule has 3 rings (SSSR count). The number of anilines is 1. The summed E-state index contributed by atoms with van der Waals surface area (Å²) in [7, 11) is -10.2. The van der Waals surface area contributed by atoms with Crippen LogP contribution in [0.3, 0.4) is 0 Å². The lowest BCUT2D eigenvalue weighted by atomic mass is 9.98. The third-order valence-electron chi connectivity index (χ3n) is 6.26. The Balaban J connectivity index is 1.60. The molecule has 2 aliphatic heterocycles. The lowest BCUT2D eigenvalue weighted by Gasteiger charge is -2.55. The van der Waals surface area contributed by atoms with E-state index >= 15 is 0 Å². The number of aliphatic hydroxyl groups is 1. The van der Waals surface area contributed by atoms with Crippen molar-refractivity contribution >= 4 is 73.2 Å². The fraction of sp³-hybridized carbons (Fsp3) is 0.450. The lowest BCUT2D eigenvalue weighted by Crippen LogP contribution is -2.80. The second kappa shape index (κ2) is 13.1. The molecule has 0 aromatic carbocycles. The van der Waals surface area contributed by atoms with E-state index < -0.39 is 86.6 Å². The van der Waals surface area contributed by atoms with Crippen LogP contribution in [0.1, 0.15) is 11.3 Å². The summed E-state index contributed by atoms with van der Waals surface area (Å²) >= 11 is 1.98. The van der Waals surface area contributed by atoms with Crippen LogP contribution in [0.4, 0.5) is 14.6 Å². The molecule has 3 heterocycles. The average Bonchev–Trinajstić information content (AvgIpc) is 3.34. The number of hydrogen-bond donors (Lipinski definition) is 10. The van der Waals surface area contributed by atoms with Crippen molar-refractivity contribution in [2.24, 2.45) is 5.73 Å². The van der Waals surface area contributed by atoms with Gasteiger partial charge in [-0.2, -0.15) is 0 Å². The number of methoxy groups -OCH3 is 1. The van der Waals surface area contributed by atoms with Crippen molar-refractivity contribution < 1.29 is 72.4 Å². The fourth-order valence-corrected chi connectivity index (χ4v) is 8.61. The van der Waals surface area contributed by atoms with Crippen LogP contribution >= 0.6 is 38.3 Å². The molecule has 0 aliphatic carbocycles. The number of aliphatic carboxylic acids is 1. The van der Waals surface area contributed by atoms with E-state index in [0.717, 1.165) is 35.1 Å². The maximum absolute atomic E-state index is 13.1. The van der Waals surface area contributed by atoms with Crippen LogP contribution < -0.4 is 21.7 Å². The van der Waals surface area contributed by atoms with Crippen molar-refractivity contribution in [3.05, 3.63) is 28.3 Å². The Kier molecular flexibility index (Phi) is 10.6. The van der Waals surface area contributed by atoms with Crippen LogP contribution in [0, 0.1) is 0 Å². The summed E-state index contributed by atoms with van der Waals surface area (Å²) in [5.41, 5.74) is 2.72. The second-order valence-corrected chi connectivity index (χ2v) is 15.4. The Morgan fingerprint density at radius 2 is 1.82 bits per heavy atom. The van der Waals surface area contributed by atoms with E-state index in [4.69, 9.17) is 30.0 Å². The molecule has 0 spiro atoms. The molecule has 0 radical (unpaired) electrons. The number of ether oxygens (including phenoxy) is 2. The number of primary amides is 1. The molecule has 5 amide bonds. The number of nitrogens with zero attached hydrogens (tertiary/aromatic N) is 1. The van der Waals surface area contributed by atoms with Crippen molar-refractivity contribution in [1.29, 1.82) is 0 Å². The van der Waals surface area contributed by atoms with E-state index in [1.165, 1.54) is 12.1 Å². The van der Waals surface area contributed by atoms with E-state index in [0.29, 0.717) is 4.88 Å². The van der Waals surface area contributed by atoms with E-state index in [1.54, 1.807) is 0 Å². The van der Waals surface area contributed by atoms with Gasteiger partial charge in [0, 0.05) is 36.3 Å². The zero-order chi connectivity index (χ0) is 33.3. The molecule has 1 aromatic rings. The van der Waals surface area contributed by atoms with Crippen LogP contribution in [-0.4, -0.2) is 107 Å². The third kappa shape index (κ3) is 7.09. The minimum atomic E-state index is -5.69. The molecule has 44 heavy (non-hydrogen) atoms. The van der Waals surface area contributed by atoms with Gasteiger partial charge in [0.05, 0.1) is 11.4 Å². The average molecular weight is 704 g/mol. The summed E-state index contributed by atoms with van der Waals surface area (Å²) in [6.45, 7) is -1.19. The van der Waals surface area contributed by atoms with E-state index in [1.807, 2.05) is 0 Å². The number of carboxylic acid groups (broad SMARTS) is 1. The summed E-state index contributed by atoms with van der Waals surface area (Å²) in [4.78, 5) is 98.8. The number of urea groups is 1. The van der Waals surface area contributed by atoms with Crippen LogP contribution in [0.15, 0.2) is 23.4 Å². The van der Waals surface area contributed by atoms with Gasteiger partial charge in [-0.1, -0.05) is 0 Å². The minimum absolute atomic E-state index is 0.0181. The van der Waals surface area contributed by atoms with Gasteiger partial charge in [-0.05, 0) is 12.1 Å². The van der Waals surface area contributed by atoms with Crippen LogP contribution in [0.2, 0.25) is 0 Å². The lowest BCUT2D eigenvalue weighted by molar-refractivity contribution is -0.192. The SMILES string of the molecule is CO[C@@]1(NC(=O)Cc2ccc(NC(=O)NCCC(O)(P(=O)(O)O)P(=O)(O)O)s2)C(=O)N2C(C(=O)O)=C(COC(N)=O)CS[C@H]21. The predicted octanol–water partition coefficient (Wildman–Crippen LogP) is -1.39. The van der Waals surface area contributed by atoms with Gasteiger partial charge in [0.25, 0.3) is 16.7 Å². The van der Waals surface area contributed by atoms with E-state index in [-0.39, 0.29) is 22.7 Å². The van der Waals surface area contributed by atoms with Crippen LogP contribution in [-0.2, 0) is 39.4 Å². The molecule has 1 fully saturated rings. The molecule has 2 atom stereocenters. The Morgan fingerprint density at radius 3 is 2.36 bits per heavy atom. The maximum atomic E-state index is 13.1. The highest BCUT2D eigenvalue weighted by Crippen LogP contribution is 2.68. The van der Waals surface area contributed by atoms with Crippen molar-refractivity contribution in [3.8, 4) is 0 Å². The van der Waals surface area contributed by atoms with Crippen molar-refractivity contribution in [1.82, 2.24) is 15.5 Å². The molecular formula is C20H27N5O15P2S2. The molecule has 0 bridgehead atoms. The van der Waals surface area contributed by atoms with Gasteiger partial charge in [-0.3, -0.25) is 28.9 Å². The molecule has 20 nitrogen and oxygen atoms in total. The summed E-state index contributed by atoms with van der Waals surface area (Å²) in [5, 5.41) is 22.0. The van der Waals surface area contributed by atoms with E-state index in [9.17, 15) is 43.3 Å². The second-order valence-electron chi connectivity index (χ2n) is 9.13. The highest BCUT2D eigenvalue weighted by Gasteiger charge is 2.66. The number of carboxylic acids is 1. The number of rotatable bonds is 13. The third-order valence-corrected chi connectivity index (χ3v) is 12.5. The molecule has 0 saturated carbocycles. The van der Waals surface area contributed by atoms with Crippen LogP contribution in [0.5, 0.6) is 0 Å². The minimum Gasteiger partial charge on any atom is -0.477 e. The number of thioether (sulfide) groups is 1. The summed E-state index contributed by atoms with van der Waals surface area (Å²) < 4.78 is 32.8. The maximum Gasteiger partial charge on any atom is 0.404 e. The van der Waals surface area contributed by atoms with Gasteiger partial charge < -0.3 is 55.6 Å². The topological polar surface area (TPSA) is 325 Å². The van der Waals surface area contributed by atoms with Gasteiger partial charge >= 0.3 is 33.3 Å². The monoisotopic (exact) mass is 703 g/mol. The molecule has 1 saturated heterocycles. The van der Waals surface area contributed by atoms with Gasteiger partial charge in [0.15, 0.2) is 0 Å². The van der Waals surface area contributed by atoms with Gasteiger partial charge in [-0.15, -0.1) is 23.1 Å². The highest BCUT2D eigenvalue weighted by molar-refractivity contribution is 8.00. The standard InChI is InChI=1S/C20H27N5O15P2S2/c1-39-20(15(29)25-13(14(27)28)9(7-40-17(21)30)8-43-16(20)25)24-11(26)6-10-2-3-12(44-10)23-18(31)22-5-4-19(32,41(33,34)35)42(36,37)38/h2-3,16,32H,4-8H2,1H3,(H2,21,30)(H,24,26)(H,27,28)(H2,22,23,31)(H2,33,34,35)(H2,36,37,38)/t16-,20-/m0/s1. The first-order valence-electron chi connectivity index (χ1n) is 11.9. The van der Waals surface area contributed by atoms with Gasteiger partial charge in [0.1, 0.15) is 17.7 Å². The summed E-state index contributed by atoms with van der Waals surface area (Å²) in [6, 6.07) is 1.89. The van der Waals surface area contributed by atoms with Crippen molar-refractivity contribution in [2.75, 3.05) is 31.3 Å². The molecular weight excluding hydrogens is 676 g/mol. The van der Waals surface area contributed by atoms with Crippen molar-refractivity contribution in [3.63, 3.8) is 0 Å². The molecule has 244 valence electrons. The number of carbonyl (C=O) groups excluding carboxylic acids is 4. The van der Waals surface area contributed by atoms with Gasteiger partial charge in [-0.25, -0.2) is 14.4 Å². The van der Waals surface area contributed by atoms with Crippen LogP contribution in [0.25, 0.3) is 0 Å². The largest absolute Gasteiger partial charge is 0.477 e. The number of fused-ring (bicyclic) bond motifs is 1. The Hall–Kier alpha value is -3.04. The smallest absolute Gasteiger partial charge is 0.404 e. The molecule has 2 aliphatic rings. The number of thiophene rings is 1. The quantitative estimate of drug-likeness (QED) is 0.0642. The molecule has 11 N–H and O–H groups in total. The Labute approximate surface area is 255 Å². The van der Waals surface area contributed by atoms with E-state index in [2.05, 4.69) is 20.7 Å². The number of hydrogen-bond acceptors (Lipinski definition) is 12. The number of β-lactam (4-membered cyclic amide) rings is 1. The molecule has 24 heteroatoms. The number of amides is 5. The first-order chi connectivity index (χ1) is 20.3. The summed E-state index contributed by atoms with van der Waals surface area (Å²) in [5.74, 6) is -3.03.